The monoisotopic (exact) mass is 309 g/mol. The molecule has 2 rings (SSSR count). The molecule has 0 bridgehead atoms. The number of benzene rings is 2. The lowest BCUT2D eigenvalue weighted by atomic mass is 10.1. The number of nitrogens with two attached hydrogens (primary N) is 1. The fourth-order valence-electron chi connectivity index (χ4n) is 1.60. The van der Waals surface area contributed by atoms with Crippen LogP contribution in [0.4, 0.5) is 10.1 Å². The molecule has 0 radical (unpaired) electrons. The Hall–Kier alpha value is -1.55. The topological polar surface area (TPSA) is 35.2 Å². The van der Waals surface area contributed by atoms with Gasteiger partial charge in [0.2, 0.25) is 0 Å². The van der Waals surface area contributed by atoms with Crippen LogP contribution in [0.15, 0.2) is 40.9 Å². The van der Waals surface area contributed by atoms with Crippen molar-refractivity contribution in [1.29, 1.82) is 0 Å². The van der Waals surface area contributed by atoms with E-state index in [2.05, 4.69) is 15.9 Å². The SMILES string of the molecule is Cc1c(N)cccc1COc1cc(F)ccc1Br. The van der Waals surface area contributed by atoms with E-state index in [1.165, 1.54) is 12.1 Å². The Labute approximate surface area is 114 Å². The summed E-state index contributed by atoms with van der Waals surface area (Å²) in [5.74, 6) is 0.161. The molecule has 0 saturated heterocycles. The summed E-state index contributed by atoms with van der Waals surface area (Å²) in [6.45, 7) is 2.30. The Morgan fingerprint density at radius 2 is 2.06 bits per heavy atom. The van der Waals surface area contributed by atoms with Crippen LogP contribution in [0.1, 0.15) is 11.1 Å². The Kier molecular flexibility index (Phi) is 3.87. The van der Waals surface area contributed by atoms with Gasteiger partial charge in [-0.05, 0) is 52.2 Å². The van der Waals surface area contributed by atoms with Crippen molar-refractivity contribution in [2.24, 2.45) is 0 Å². The molecule has 0 aromatic heterocycles. The van der Waals surface area contributed by atoms with Crippen molar-refractivity contribution < 1.29 is 9.13 Å². The van der Waals surface area contributed by atoms with Gasteiger partial charge < -0.3 is 10.5 Å². The van der Waals surface area contributed by atoms with Gasteiger partial charge in [-0.25, -0.2) is 4.39 Å². The van der Waals surface area contributed by atoms with Gasteiger partial charge in [-0.15, -0.1) is 0 Å². The lowest BCUT2D eigenvalue weighted by Crippen LogP contribution is -2.01. The zero-order valence-corrected chi connectivity index (χ0v) is 11.5. The maximum absolute atomic E-state index is 13.1. The molecule has 0 spiro atoms. The summed E-state index contributed by atoms with van der Waals surface area (Å²) in [5.41, 5.74) is 8.53. The normalized spacial score (nSPS) is 10.4. The smallest absolute Gasteiger partial charge is 0.136 e. The molecule has 0 unspecified atom stereocenters. The number of hydrogen-bond donors (Lipinski definition) is 1. The molecule has 2 aromatic carbocycles. The maximum Gasteiger partial charge on any atom is 0.136 e. The number of rotatable bonds is 3. The molecule has 0 aliphatic rings. The second-order valence-electron chi connectivity index (χ2n) is 3.99. The molecule has 0 amide bonds. The summed E-state index contributed by atoms with van der Waals surface area (Å²) < 4.78 is 19.4. The van der Waals surface area contributed by atoms with E-state index in [4.69, 9.17) is 10.5 Å². The summed E-state index contributed by atoms with van der Waals surface area (Å²) in [6, 6.07) is 10.0. The average molecular weight is 310 g/mol. The van der Waals surface area contributed by atoms with Crippen LogP contribution >= 0.6 is 15.9 Å². The maximum atomic E-state index is 13.1. The number of halogens is 2. The highest BCUT2D eigenvalue weighted by molar-refractivity contribution is 9.10. The third-order valence-corrected chi connectivity index (χ3v) is 3.42. The lowest BCUT2D eigenvalue weighted by molar-refractivity contribution is 0.302. The second kappa shape index (κ2) is 5.40. The van der Waals surface area contributed by atoms with E-state index in [-0.39, 0.29) is 5.82 Å². The Bertz CT molecular complexity index is 570. The first-order chi connectivity index (χ1) is 8.58. The highest BCUT2D eigenvalue weighted by Gasteiger charge is 2.06. The van der Waals surface area contributed by atoms with Crippen LogP contribution in [-0.4, -0.2) is 0 Å². The summed E-state index contributed by atoms with van der Waals surface area (Å²) in [6.07, 6.45) is 0. The Balaban J connectivity index is 2.16. The van der Waals surface area contributed by atoms with Gasteiger partial charge in [-0.3, -0.25) is 0 Å². The van der Waals surface area contributed by atoms with Crippen LogP contribution in [0.5, 0.6) is 5.75 Å². The fourth-order valence-corrected chi connectivity index (χ4v) is 1.96. The zero-order chi connectivity index (χ0) is 13.1. The zero-order valence-electron chi connectivity index (χ0n) is 9.91. The lowest BCUT2D eigenvalue weighted by Gasteiger charge is -2.11. The van der Waals surface area contributed by atoms with Crippen molar-refractivity contribution in [3.8, 4) is 5.75 Å². The number of nitrogen functional groups attached to an aromatic ring is 1. The van der Waals surface area contributed by atoms with Gasteiger partial charge in [0.1, 0.15) is 18.2 Å². The third-order valence-electron chi connectivity index (χ3n) is 2.76. The first kappa shape index (κ1) is 12.9. The van der Waals surface area contributed by atoms with Crippen LogP contribution in [0.3, 0.4) is 0 Å². The van der Waals surface area contributed by atoms with Crippen molar-refractivity contribution in [3.63, 3.8) is 0 Å². The molecule has 94 valence electrons. The summed E-state index contributed by atoms with van der Waals surface area (Å²) in [4.78, 5) is 0. The number of ether oxygens (including phenoxy) is 1. The Morgan fingerprint density at radius 1 is 1.28 bits per heavy atom. The molecule has 0 fully saturated rings. The van der Waals surface area contributed by atoms with E-state index in [0.29, 0.717) is 12.4 Å². The van der Waals surface area contributed by atoms with Gasteiger partial charge >= 0.3 is 0 Å². The van der Waals surface area contributed by atoms with Gasteiger partial charge in [0.05, 0.1) is 4.47 Å². The minimum absolute atomic E-state index is 0.322. The molecule has 0 heterocycles. The highest BCUT2D eigenvalue weighted by Crippen LogP contribution is 2.27. The predicted molar refractivity (Wildman–Crippen MR) is 74.0 cm³/mol. The molecular formula is C14H13BrFNO. The molecule has 0 aliphatic heterocycles. The second-order valence-corrected chi connectivity index (χ2v) is 4.85. The van der Waals surface area contributed by atoms with Gasteiger partial charge in [0.25, 0.3) is 0 Å². The molecule has 0 atom stereocenters. The van der Waals surface area contributed by atoms with Gasteiger partial charge in [0.15, 0.2) is 0 Å². The average Bonchev–Trinajstić information content (AvgIpc) is 2.35. The predicted octanol–water partition coefficient (Wildman–Crippen LogP) is 4.06. The van der Waals surface area contributed by atoms with Gasteiger partial charge in [0, 0.05) is 11.8 Å². The molecule has 0 saturated carbocycles. The van der Waals surface area contributed by atoms with E-state index < -0.39 is 0 Å². The van der Waals surface area contributed by atoms with E-state index in [0.717, 1.165) is 21.3 Å². The van der Waals surface area contributed by atoms with Crippen molar-refractivity contribution in [1.82, 2.24) is 0 Å². The van der Waals surface area contributed by atoms with Crippen LogP contribution in [0.25, 0.3) is 0 Å². The van der Waals surface area contributed by atoms with Crippen LogP contribution < -0.4 is 10.5 Å². The first-order valence-corrected chi connectivity index (χ1v) is 6.29. The molecule has 18 heavy (non-hydrogen) atoms. The number of anilines is 1. The van der Waals surface area contributed by atoms with Crippen LogP contribution in [0.2, 0.25) is 0 Å². The van der Waals surface area contributed by atoms with Crippen LogP contribution in [-0.2, 0) is 6.61 Å². The fraction of sp³-hybridized carbons (Fsp3) is 0.143. The standard InChI is InChI=1S/C14H13BrFNO/c1-9-10(3-2-4-13(9)17)8-18-14-7-11(16)5-6-12(14)15/h2-7H,8,17H2,1H3. The minimum atomic E-state index is -0.322. The summed E-state index contributed by atoms with van der Waals surface area (Å²) in [7, 11) is 0. The molecule has 0 aliphatic carbocycles. The summed E-state index contributed by atoms with van der Waals surface area (Å²) in [5, 5.41) is 0. The van der Waals surface area contributed by atoms with E-state index in [9.17, 15) is 4.39 Å². The van der Waals surface area contributed by atoms with E-state index >= 15 is 0 Å². The van der Waals surface area contributed by atoms with Crippen molar-refractivity contribution in [2.45, 2.75) is 13.5 Å². The third kappa shape index (κ3) is 2.82. The largest absolute Gasteiger partial charge is 0.488 e. The summed E-state index contributed by atoms with van der Waals surface area (Å²) >= 11 is 3.32. The van der Waals surface area contributed by atoms with E-state index in [1.54, 1.807) is 6.07 Å². The van der Waals surface area contributed by atoms with Crippen LogP contribution in [0, 0.1) is 12.7 Å². The highest BCUT2D eigenvalue weighted by atomic mass is 79.9. The Morgan fingerprint density at radius 3 is 2.83 bits per heavy atom. The van der Waals surface area contributed by atoms with Crippen molar-refractivity contribution in [3.05, 3.63) is 57.8 Å². The molecular weight excluding hydrogens is 297 g/mol. The minimum Gasteiger partial charge on any atom is -0.488 e. The molecule has 2 N–H and O–H groups in total. The quantitative estimate of drug-likeness (QED) is 0.868. The van der Waals surface area contributed by atoms with Crippen molar-refractivity contribution >= 4 is 21.6 Å². The van der Waals surface area contributed by atoms with Gasteiger partial charge in [-0.1, -0.05) is 12.1 Å². The van der Waals surface area contributed by atoms with Gasteiger partial charge in [-0.2, -0.15) is 0 Å². The van der Waals surface area contributed by atoms with Crippen molar-refractivity contribution in [2.75, 3.05) is 5.73 Å². The molecule has 2 aromatic rings. The molecule has 4 heteroatoms. The first-order valence-electron chi connectivity index (χ1n) is 5.50. The number of hydrogen-bond acceptors (Lipinski definition) is 2. The van der Waals surface area contributed by atoms with E-state index in [1.807, 2.05) is 25.1 Å². The molecule has 2 nitrogen and oxygen atoms in total.